The van der Waals surface area contributed by atoms with E-state index in [1.54, 1.807) is 24.3 Å². The Morgan fingerprint density at radius 3 is 2.55 bits per heavy atom. The number of benzene rings is 1. The average Bonchev–Trinajstić information content (AvgIpc) is 2.78. The van der Waals surface area contributed by atoms with Crippen molar-refractivity contribution in [3.63, 3.8) is 0 Å². The molecule has 2 heterocycles. The van der Waals surface area contributed by atoms with Crippen LogP contribution in [0, 0.1) is 0 Å². The van der Waals surface area contributed by atoms with Gasteiger partial charge in [-0.1, -0.05) is 0 Å². The van der Waals surface area contributed by atoms with Crippen LogP contribution >= 0.6 is 0 Å². The van der Waals surface area contributed by atoms with Gasteiger partial charge < -0.3 is 4.98 Å². The molecule has 0 saturated carbocycles. The zero-order valence-electron chi connectivity index (χ0n) is 11.2. The number of aromatic amines is 1. The molecule has 3 rings (SSSR count). The minimum Gasteiger partial charge on any atom is -0.303 e. The van der Waals surface area contributed by atoms with Gasteiger partial charge in [-0.2, -0.15) is 18.3 Å². The lowest BCUT2D eigenvalue weighted by Gasteiger charge is -2.09. The number of nitrogens with one attached hydrogen (secondary N) is 1. The van der Waals surface area contributed by atoms with Crippen molar-refractivity contribution in [1.82, 2.24) is 19.3 Å². The van der Waals surface area contributed by atoms with Crippen LogP contribution in [0.5, 0.6) is 0 Å². The molecule has 0 spiro atoms. The Hall–Kier alpha value is -2.84. The first-order valence-electron chi connectivity index (χ1n) is 6.13. The molecule has 22 heavy (non-hydrogen) atoms. The number of hydrogen-bond donors (Lipinski definition) is 1. The Morgan fingerprint density at radius 2 is 1.91 bits per heavy atom. The third-order valence-electron chi connectivity index (χ3n) is 3.23. The first-order valence-corrected chi connectivity index (χ1v) is 6.13. The van der Waals surface area contributed by atoms with Crippen molar-refractivity contribution in [3.8, 4) is 5.69 Å². The Balaban J connectivity index is 2.25. The van der Waals surface area contributed by atoms with Crippen molar-refractivity contribution in [2.45, 2.75) is 6.18 Å². The summed E-state index contributed by atoms with van der Waals surface area (Å²) in [6, 6.07) is 4.95. The molecule has 0 aliphatic carbocycles. The maximum Gasteiger partial charge on any atom is 0.431 e. The van der Waals surface area contributed by atoms with Crippen molar-refractivity contribution >= 4 is 10.9 Å². The van der Waals surface area contributed by atoms with E-state index in [1.165, 1.54) is 16.8 Å². The lowest BCUT2D eigenvalue weighted by atomic mass is 10.2. The molecule has 1 N–H and O–H groups in total. The largest absolute Gasteiger partial charge is 0.431 e. The summed E-state index contributed by atoms with van der Waals surface area (Å²) in [5.74, 6) is 0. The number of hydrogen-bond acceptors (Lipinski definition) is 3. The van der Waals surface area contributed by atoms with E-state index in [1.807, 2.05) is 0 Å². The first-order chi connectivity index (χ1) is 10.3. The Morgan fingerprint density at radius 1 is 1.18 bits per heavy atom. The van der Waals surface area contributed by atoms with E-state index in [0.717, 1.165) is 5.39 Å². The zero-order valence-corrected chi connectivity index (χ0v) is 11.2. The average molecular weight is 310 g/mol. The van der Waals surface area contributed by atoms with Crippen molar-refractivity contribution in [1.29, 1.82) is 0 Å². The topological polar surface area (TPSA) is 72.7 Å². The summed E-state index contributed by atoms with van der Waals surface area (Å²) in [7, 11) is 1.67. The first kappa shape index (κ1) is 14.1. The van der Waals surface area contributed by atoms with Gasteiger partial charge in [0.25, 0.3) is 5.56 Å². The summed E-state index contributed by atoms with van der Waals surface area (Å²) in [6.07, 6.45) is -3.19. The number of nitrogens with zero attached hydrogens (tertiary/aromatic N) is 3. The number of fused-ring (bicyclic) bond motifs is 1. The molecule has 6 nitrogen and oxygen atoms in total. The predicted molar refractivity (Wildman–Crippen MR) is 71.9 cm³/mol. The van der Waals surface area contributed by atoms with Crippen molar-refractivity contribution in [2.24, 2.45) is 7.05 Å². The van der Waals surface area contributed by atoms with Crippen LogP contribution in [0.3, 0.4) is 0 Å². The molecular weight excluding hydrogens is 301 g/mol. The fourth-order valence-corrected chi connectivity index (χ4v) is 2.16. The summed E-state index contributed by atoms with van der Waals surface area (Å²) in [4.78, 5) is 25.4. The predicted octanol–water partition coefficient (Wildman–Crippen LogP) is 1.43. The summed E-state index contributed by atoms with van der Waals surface area (Å²) in [5.41, 5.74) is -2.78. The van der Waals surface area contributed by atoms with Crippen LogP contribution in [0.1, 0.15) is 5.69 Å². The number of alkyl halides is 3. The molecule has 2 aromatic heterocycles. The van der Waals surface area contributed by atoms with E-state index < -0.39 is 23.1 Å². The van der Waals surface area contributed by atoms with Gasteiger partial charge in [0.2, 0.25) is 0 Å². The normalized spacial score (nSPS) is 12.0. The second kappa shape index (κ2) is 4.58. The summed E-state index contributed by atoms with van der Waals surface area (Å²) >= 11 is 0. The molecular formula is C13H9F3N4O2. The third-order valence-corrected chi connectivity index (χ3v) is 3.23. The highest BCUT2D eigenvalue weighted by Gasteiger charge is 2.33. The Labute approximate surface area is 120 Å². The van der Waals surface area contributed by atoms with E-state index in [4.69, 9.17) is 0 Å². The lowest BCUT2D eigenvalue weighted by molar-refractivity contribution is -0.141. The van der Waals surface area contributed by atoms with Crippen LogP contribution in [0.2, 0.25) is 0 Å². The van der Waals surface area contributed by atoms with Gasteiger partial charge in [0.1, 0.15) is 5.69 Å². The Kier molecular flexibility index (Phi) is 2.94. The molecule has 0 amide bonds. The molecule has 0 radical (unpaired) electrons. The van der Waals surface area contributed by atoms with E-state index in [9.17, 15) is 22.8 Å². The number of aryl methyl sites for hydroxylation is 1. The van der Waals surface area contributed by atoms with Gasteiger partial charge in [0.05, 0.1) is 17.4 Å². The number of halogens is 3. The summed E-state index contributed by atoms with van der Waals surface area (Å²) in [5, 5.41) is 4.80. The van der Waals surface area contributed by atoms with Crippen LogP contribution in [-0.2, 0) is 13.2 Å². The van der Waals surface area contributed by atoms with E-state index in [0.29, 0.717) is 16.2 Å². The highest BCUT2D eigenvalue weighted by atomic mass is 19.4. The molecule has 0 aliphatic heterocycles. The highest BCUT2D eigenvalue weighted by Crippen LogP contribution is 2.25. The minimum atomic E-state index is -4.79. The molecule has 0 atom stereocenters. The van der Waals surface area contributed by atoms with Crippen LogP contribution in [-0.4, -0.2) is 19.3 Å². The van der Waals surface area contributed by atoms with E-state index >= 15 is 0 Å². The van der Waals surface area contributed by atoms with Gasteiger partial charge in [0, 0.05) is 18.5 Å². The minimum absolute atomic E-state index is 0.163. The highest BCUT2D eigenvalue weighted by molar-refractivity contribution is 5.80. The van der Waals surface area contributed by atoms with E-state index in [-0.39, 0.29) is 5.69 Å². The number of rotatable bonds is 1. The molecule has 0 aliphatic rings. The maximum atomic E-state index is 12.6. The monoisotopic (exact) mass is 310 g/mol. The molecule has 9 heteroatoms. The van der Waals surface area contributed by atoms with Gasteiger partial charge in [-0.3, -0.25) is 9.48 Å². The van der Waals surface area contributed by atoms with Crippen molar-refractivity contribution in [3.05, 3.63) is 57.0 Å². The number of H-pyrrole nitrogens is 1. The zero-order chi connectivity index (χ0) is 16.1. The third kappa shape index (κ3) is 2.20. The Bertz CT molecular complexity index is 950. The molecule has 0 fully saturated rings. The van der Waals surface area contributed by atoms with Gasteiger partial charge in [-0.05, 0) is 18.2 Å². The van der Waals surface area contributed by atoms with Gasteiger partial charge in [-0.25, -0.2) is 9.36 Å². The van der Waals surface area contributed by atoms with Crippen molar-refractivity contribution in [2.75, 3.05) is 0 Å². The van der Waals surface area contributed by atoms with Gasteiger partial charge in [-0.15, -0.1) is 0 Å². The van der Waals surface area contributed by atoms with Crippen molar-refractivity contribution < 1.29 is 13.2 Å². The van der Waals surface area contributed by atoms with Gasteiger partial charge in [0.15, 0.2) is 0 Å². The standard InChI is InChI=1S/C13H9F3N4O2/c1-19-9-4-8(3-2-7(9)6-17-19)20-11(21)5-10(13(14,15)16)18-12(20)22/h2-6H,1H3,(H,18,22). The van der Waals surface area contributed by atoms with Crippen LogP contribution < -0.4 is 11.2 Å². The van der Waals surface area contributed by atoms with Gasteiger partial charge >= 0.3 is 11.9 Å². The van der Waals surface area contributed by atoms with Crippen LogP contribution in [0.15, 0.2) is 40.1 Å². The molecule has 0 unspecified atom stereocenters. The second-order valence-corrected chi connectivity index (χ2v) is 4.67. The maximum absolute atomic E-state index is 12.6. The fourth-order valence-electron chi connectivity index (χ4n) is 2.16. The van der Waals surface area contributed by atoms with Crippen LogP contribution in [0.25, 0.3) is 16.6 Å². The lowest BCUT2D eigenvalue weighted by Crippen LogP contribution is -2.35. The quantitative estimate of drug-likeness (QED) is 0.739. The van der Waals surface area contributed by atoms with E-state index in [2.05, 4.69) is 5.10 Å². The molecule has 0 saturated heterocycles. The molecule has 3 aromatic rings. The second-order valence-electron chi connectivity index (χ2n) is 4.67. The molecule has 0 bridgehead atoms. The van der Waals surface area contributed by atoms with Crippen LogP contribution in [0.4, 0.5) is 13.2 Å². The molecule has 1 aromatic carbocycles. The molecule has 114 valence electrons. The fraction of sp³-hybridized carbons (Fsp3) is 0.154. The SMILES string of the molecule is Cn1ncc2ccc(-n3c(=O)cc(C(F)(F)F)[nH]c3=O)cc21. The summed E-state index contributed by atoms with van der Waals surface area (Å²) in [6.45, 7) is 0. The smallest absolute Gasteiger partial charge is 0.303 e. The summed E-state index contributed by atoms with van der Waals surface area (Å²) < 4.78 is 39.9. The number of aromatic nitrogens is 4.